The van der Waals surface area contributed by atoms with E-state index < -0.39 is 82.5 Å². The fraction of sp³-hybridized carbons (Fsp3) is 0.750. The van der Waals surface area contributed by atoms with E-state index in [-0.39, 0.29) is 11.8 Å². The first kappa shape index (κ1) is 30.1. The molecule has 0 amide bonds. The zero-order valence-electron chi connectivity index (χ0n) is 25.9. The number of rotatable bonds is 5. The van der Waals surface area contributed by atoms with Gasteiger partial charge in [0.25, 0.3) is 0 Å². The third-order valence-electron chi connectivity index (χ3n) is 11.7. The van der Waals surface area contributed by atoms with Gasteiger partial charge in [0.2, 0.25) is 6.29 Å². The molecule has 0 N–H and O–H groups in total. The van der Waals surface area contributed by atoms with Crippen molar-refractivity contribution in [3.8, 4) is 0 Å². The van der Waals surface area contributed by atoms with Crippen LogP contribution >= 0.6 is 0 Å². The predicted molar refractivity (Wildman–Crippen MR) is 147 cm³/mol. The molecule has 2 aliphatic heterocycles. The van der Waals surface area contributed by atoms with Crippen LogP contribution < -0.4 is 0 Å². The predicted octanol–water partition coefficient (Wildman–Crippen LogP) is 4.42. The first-order valence-corrected chi connectivity index (χ1v) is 15.2. The van der Waals surface area contributed by atoms with Crippen LogP contribution in [-0.2, 0) is 47.6 Å². The molecule has 0 radical (unpaired) electrons. The summed E-state index contributed by atoms with van der Waals surface area (Å²) in [5.74, 6) is -1.91. The molecule has 3 aliphatic carbocycles. The summed E-state index contributed by atoms with van der Waals surface area (Å²) >= 11 is 0. The summed E-state index contributed by atoms with van der Waals surface area (Å²) in [7, 11) is 0. The lowest BCUT2D eigenvalue weighted by Gasteiger charge is -2.69. The number of fused-ring (bicyclic) bond motifs is 3. The van der Waals surface area contributed by atoms with Crippen LogP contribution in [0.5, 0.6) is 0 Å². The summed E-state index contributed by atoms with van der Waals surface area (Å²) in [5.41, 5.74) is -2.07. The molecule has 0 bridgehead atoms. The van der Waals surface area contributed by atoms with Crippen molar-refractivity contribution in [2.75, 3.05) is 0 Å². The average molecular weight is 603 g/mol. The summed E-state index contributed by atoms with van der Waals surface area (Å²) in [4.78, 5) is 49.4. The first-order chi connectivity index (χ1) is 20.2. The van der Waals surface area contributed by atoms with Gasteiger partial charge in [0, 0.05) is 55.9 Å². The Bertz CT molecular complexity index is 1310. The highest BCUT2D eigenvalue weighted by Crippen LogP contribution is 2.80. The Morgan fingerprint density at radius 3 is 2.09 bits per heavy atom. The lowest BCUT2D eigenvalue weighted by atomic mass is 9.36. The monoisotopic (exact) mass is 602 g/mol. The van der Waals surface area contributed by atoms with Crippen molar-refractivity contribution in [2.45, 2.75) is 123 Å². The van der Waals surface area contributed by atoms with Gasteiger partial charge in [-0.25, -0.2) is 0 Å². The normalized spacial score (nSPS) is 46.1. The molecule has 1 aromatic rings. The molecule has 12 unspecified atom stereocenters. The first-order valence-electron chi connectivity index (χ1n) is 15.2. The van der Waals surface area contributed by atoms with E-state index in [0.29, 0.717) is 32.1 Å². The molecule has 5 fully saturated rings. The minimum Gasteiger partial charge on any atom is -0.472 e. The number of epoxide rings is 1. The summed E-state index contributed by atoms with van der Waals surface area (Å²) in [5, 5.41) is 0. The van der Waals surface area contributed by atoms with Crippen molar-refractivity contribution >= 4 is 23.9 Å². The van der Waals surface area contributed by atoms with Crippen molar-refractivity contribution < 1.29 is 52.0 Å². The number of carbonyl (C=O) groups is 4. The Kier molecular flexibility index (Phi) is 7.04. The van der Waals surface area contributed by atoms with E-state index in [1.54, 1.807) is 12.5 Å². The molecule has 0 aromatic carbocycles. The maximum absolute atomic E-state index is 12.7. The highest BCUT2D eigenvalue weighted by atomic mass is 16.8. The van der Waals surface area contributed by atoms with Crippen LogP contribution in [0.4, 0.5) is 0 Å². The third kappa shape index (κ3) is 4.20. The highest BCUT2D eigenvalue weighted by molar-refractivity contribution is 5.68. The summed E-state index contributed by atoms with van der Waals surface area (Å²) in [6.45, 7) is 11.9. The van der Waals surface area contributed by atoms with Crippen LogP contribution in [0.15, 0.2) is 23.0 Å². The summed E-state index contributed by atoms with van der Waals surface area (Å²) in [6, 6.07) is 1.85. The molecule has 6 rings (SSSR count). The van der Waals surface area contributed by atoms with Gasteiger partial charge in [-0.15, -0.1) is 0 Å². The van der Waals surface area contributed by atoms with E-state index in [9.17, 15) is 19.2 Å². The molecule has 3 heterocycles. The van der Waals surface area contributed by atoms with Crippen LogP contribution in [0.1, 0.15) is 92.2 Å². The van der Waals surface area contributed by atoms with Crippen LogP contribution in [-0.4, -0.2) is 60.2 Å². The Balaban J connectivity index is 1.50. The van der Waals surface area contributed by atoms with Crippen molar-refractivity contribution in [1.29, 1.82) is 0 Å². The molecule has 11 nitrogen and oxygen atoms in total. The lowest BCUT2D eigenvalue weighted by molar-refractivity contribution is -0.297. The minimum atomic E-state index is -0.978. The summed E-state index contributed by atoms with van der Waals surface area (Å²) < 4.78 is 42.4. The SMILES string of the molecule is CC(=O)OC1CC2CC(OC(C)=O)C3(C)C(CCC4(C)C(c5ccoc5)OC(OC(C)=O)C5OC543)C2(C)C(OC(C)=O)C1. The Morgan fingerprint density at radius 1 is 0.837 bits per heavy atom. The molecule has 236 valence electrons. The second kappa shape index (κ2) is 10.1. The van der Waals surface area contributed by atoms with Gasteiger partial charge in [-0.2, -0.15) is 0 Å². The second-order valence-electron chi connectivity index (χ2n) is 13.8. The van der Waals surface area contributed by atoms with Crippen LogP contribution in [0.3, 0.4) is 0 Å². The molecule has 1 aromatic heterocycles. The van der Waals surface area contributed by atoms with E-state index in [4.69, 9.17) is 32.8 Å². The number of furan rings is 1. The van der Waals surface area contributed by atoms with Crippen LogP contribution in [0.25, 0.3) is 0 Å². The second-order valence-corrected chi connectivity index (χ2v) is 13.8. The fourth-order valence-electron chi connectivity index (χ4n) is 10.2. The van der Waals surface area contributed by atoms with Gasteiger partial charge in [0.15, 0.2) is 6.10 Å². The van der Waals surface area contributed by atoms with Gasteiger partial charge in [-0.1, -0.05) is 20.8 Å². The number of hydrogen-bond donors (Lipinski definition) is 0. The molecule has 5 aliphatic rings. The van der Waals surface area contributed by atoms with E-state index >= 15 is 0 Å². The Labute approximate surface area is 251 Å². The molecule has 2 saturated heterocycles. The standard InChI is InChI=1S/C32H42O11/c1-16(33)38-22-12-21-13-25(40-18(3)35)31(7)23(30(21,6)24(14-22)39-17(2)34)8-10-29(5)26(20-9-11-37-15-20)42-28(41-19(4)36)27-32(29,31)43-27/h9,11,15,21-28H,8,10,12-14H2,1-7H3. The fourth-order valence-corrected chi connectivity index (χ4v) is 10.2. The lowest BCUT2D eigenvalue weighted by Crippen LogP contribution is -2.74. The number of esters is 4. The quantitative estimate of drug-likeness (QED) is 0.269. The van der Waals surface area contributed by atoms with Crippen molar-refractivity contribution in [2.24, 2.45) is 28.1 Å². The number of ether oxygens (including phenoxy) is 6. The van der Waals surface area contributed by atoms with E-state index in [1.165, 1.54) is 27.7 Å². The van der Waals surface area contributed by atoms with Gasteiger partial charge < -0.3 is 32.8 Å². The molecule has 11 heteroatoms. The molecular formula is C32H42O11. The zero-order chi connectivity index (χ0) is 31.1. The van der Waals surface area contributed by atoms with Gasteiger partial charge in [-0.05, 0) is 43.6 Å². The molecule has 1 spiro atoms. The molecular weight excluding hydrogens is 560 g/mol. The molecule has 3 saturated carbocycles. The number of hydrogen-bond acceptors (Lipinski definition) is 11. The maximum atomic E-state index is 12.7. The van der Waals surface area contributed by atoms with E-state index in [0.717, 1.165) is 5.56 Å². The van der Waals surface area contributed by atoms with Crippen molar-refractivity contribution in [3.05, 3.63) is 24.2 Å². The van der Waals surface area contributed by atoms with E-state index in [1.807, 2.05) is 6.07 Å². The highest BCUT2D eigenvalue weighted by Gasteiger charge is 2.88. The zero-order valence-corrected chi connectivity index (χ0v) is 25.9. The van der Waals surface area contributed by atoms with Crippen LogP contribution in [0, 0.1) is 28.1 Å². The third-order valence-corrected chi connectivity index (χ3v) is 11.7. The largest absolute Gasteiger partial charge is 0.472 e. The molecule has 43 heavy (non-hydrogen) atoms. The topological polar surface area (TPSA) is 140 Å². The Morgan fingerprint density at radius 2 is 1.49 bits per heavy atom. The molecule has 12 atom stereocenters. The van der Waals surface area contributed by atoms with Gasteiger partial charge in [-0.3, -0.25) is 19.2 Å². The van der Waals surface area contributed by atoms with Crippen molar-refractivity contribution in [1.82, 2.24) is 0 Å². The summed E-state index contributed by atoms with van der Waals surface area (Å²) in [6.07, 6.45) is 2.36. The smallest absolute Gasteiger partial charge is 0.305 e. The van der Waals surface area contributed by atoms with E-state index in [2.05, 4.69) is 20.8 Å². The van der Waals surface area contributed by atoms with Crippen molar-refractivity contribution in [3.63, 3.8) is 0 Å². The number of carbonyl (C=O) groups excluding carboxylic acids is 4. The average Bonchev–Trinajstić information content (AvgIpc) is 3.45. The van der Waals surface area contributed by atoms with Gasteiger partial charge in [0.1, 0.15) is 23.9 Å². The van der Waals surface area contributed by atoms with Gasteiger partial charge >= 0.3 is 23.9 Å². The maximum Gasteiger partial charge on any atom is 0.305 e. The van der Waals surface area contributed by atoms with Crippen LogP contribution in [0.2, 0.25) is 0 Å². The van der Waals surface area contributed by atoms with Gasteiger partial charge in [0.05, 0.1) is 18.6 Å². The minimum absolute atomic E-state index is 0.0795. The Hall–Kier alpha value is -2.92.